The summed E-state index contributed by atoms with van der Waals surface area (Å²) in [6.45, 7) is 3.77. The SMILES string of the molecule is CCC(Nc1ccc(-n2ccc(C)n2)nn1)c1cc(F)ccc1F. The van der Waals surface area contributed by atoms with E-state index >= 15 is 0 Å². The maximum atomic E-state index is 13.9. The van der Waals surface area contributed by atoms with Crippen molar-refractivity contribution in [2.75, 3.05) is 5.32 Å². The number of hydrogen-bond donors (Lipinski definition) is 1. The zero-order chi connectivity index (χ0) is 17.1. The smallest absolute Gasteiger partial charge is 0.175 e. The summed E-state index contributed by atoms with van der Waals surface area (Å²) < 4.78 is 29.0. The van der Waals surface area contributed by atoms with Crippen LogP contribution >= 0.6 is 0 Å². The third kappa shape index (κ3) is 3.40. The van der Waals surface area contributed by atoms with Crippen LogP contribution in [-0.2, 0) is 0 Å². The fourth-order valence-corrected chi connectivity index (χ4v) is 2.43. The van der Waals surface area contributed by atoms with Gasteiger partial charge in [0.15, 0.2) is 5.82 Å². The highest BCUT2D eigenvalue weighted by Gasteiger charge is 2.15. The molecule has 0 fully saturated rings. The average molecular weight is 329 g/mol. The van der Waals surface area contributed by atoms with Gasteiger partial charge in [-0.2, -0.15) is 5.10 Å². The summed E-state index contributed by atoms with van der Waals surface area (Å²) in [6, 6.07) is 8.40. The van der Waals surface area contributed by atoms with Crippen LogP contribution in [0.2, 0.25) is 0 Å². The Morgan fingerprint density at radius 3 is 2.58 bits per heavy atom. The van der Waals surface area contributed by atoms with Gasteiger partial charge >= 0.3 is 0 Å². The van der Waals surface area contributed by atoms with E-state index in [1.165, 1.54) is 6.07 Å². The van der Waals surface area contributed by atoms with Crippen LogP contribution in [0.4, 0.5) is 14.6 Å². The van der Waals surface area contributed by atoms with Gasteiger partial charge in [0.1, 0.15) is 17.5 Å². The van der Waals surface area contributed by atoms with E-state index in [-0.39, 0.29) is 5.56 Å². The number of aromatic nitrogens is 4. The highest BCUT2D eigenvalue weighted by atomic mass is 19.1. The van der Waals surface area contributed by atoms with Gasteiger partial charge in [0.2, 0.25) is 0 Å². The summed E-state index contributed by atoms with van der Waals surface area (Å²) in [7, 11) is 0. The molecule has 3 rings (SSSR count). The zero-order valence-corrected chi connectivity index (χ0v) is 13.4. The minimum atomic E-state index is -0.470. The lowest BCUT2D eigenvalue weighted by atomic mass is 10.0. The van der Waals surface area contributed by atoms with Crippen molar-refractivity contribution < 1.29 is 8.78 Å². The highest BCUT2D eigenvalue weighted by Crippen LogP contribution is 2.24. The molecule has 0 saturated carbocycles. The standard InChI is InChI=1S/C17H17F2N5/c1-3-15(13-10-12(18)4-5-14(13)19)20-16-6-7-17(22-21-16)24-9-8-11(2)23-24/h4-10,15H,3H2,1-2H3,(H,20,21). The molecule has 2 aromatic heterocycles. The van der Waals surface area contributed by atoms with Crippen molar-refractivity contribution in [1.29, 1.82) is 0 Å². The monoisotopic (exact) mass is 329 g/mol. The molecule has 5 nitrogen and oxygen atoms in total. The number of rotatable bonds is 5. The van der Waals surface area contributed by atoms with Gasteiger partial charge < -0.3 is 5.32 Å². The fourth-order valence-electron chi connectivity index (χ4n) is 2.43. The Morgan fingerprint density at radius 1 is 1.12 bits per heavy atom. The van der Waals surface area contributed by atoms with E-state index in [2.05, 4.69) is 20.6 Å². The van der Waals surface area contributed by atoms with Crippen molar-refractivity contribution in [3.05, 3.63) is 65.5 Å². The largest absolute Gasteiger partial charge is 0.362 e. The summed E-state index contributed by atoms with van der Waals surface area (Å²) in [6.07, 6.45) is 2.37. The molecule has 1 N–H and O–H groups in total. The Balaban J connectivity index is 1.80. The van der Waals surface area contributed by atoms with E-state index in [9.17, 15) is 8.78 Å². The predicted octanol–water partition coefficient (Wildman–Crippen LogP) is 3.81. The topological polar surface area (TPSA) is 55.6 Å². The van der Waals surface area contributed by atoms with Gasteiger partial charge in [0.05, 0.1) is 11.7 Å². The quantitative estimate of drug-likeness (QED) is 0.773. The molecular formula is C17H17F2N5. The van der Waals surface area contributed by atoms with E-state index in [1.54, 1.807) is 23.0 Å². The molecule has 124 valence electrons. The molecule has 0 aliphatic rings. The molecule has 0 aliphatic carbocycles. The molecule has 0 amide bonds. The van der Waals surface area contributed by atoms with Crippen LogP contribution in [0.3, 0.4) is 0 Å². The van der Waals surface area contributed by atoms with Crippen LogP contribution in [0.5, 0.6) is 0 Å². The molecule has 1 atom stereocenters. The molecule has 0 saturated heterocycles. The zero-order valence-electron chi connectivity index (χ0n) is 13.4. The highest BCUT2D eigenvalue weighted by molar-refractivity contribution is 5.40. The van der Waals surface area contributed by atoms with Crippen molar-refractivity contribution in [1.82, 2.24) is 20.0 Å². The molecule has 1 aromatic carbocycles. The third-order valence-electron chi connectivity index (χ3n) is 3.67. The summed E-state index contributed by atoms with van der Waals surface area (Å²) in [4.78, 5) is 0. The van der Waals surface area contributed by atoms with Gasteiger partial charge in [-0.05, 0) is 49.7 Å². The van der Waals surface area contributed by atoms with Gasteiger partial charge in [-0.15, -0.1) is 10.2 Å². The molecule has 0 bridgehead atoms. The maximum Gasteiger partial charge on any atom is 0.175 e. The van der Waals surface area contributed by atoms with E-state index < -0.39 is 17.7 Å². The first kappa shape index (κ1) is 16.0. The molecular weight excluding hydrogens is 312 g/mol. The van der Waals surface area contributed by atoms with Crippen LogP contribution in [-0.4, -0.2) is 20.0 Å². The molecule has 2 heterocycles. The van der Waals surface area contributed by atoms with Crippen molar-refractivity contribution in [3.63, 3.8) is 0 Å². The minimum absolute atomic E-state index is 0.270. The van der Waals surface area contributed by atoms with Gasteiger partial charge in [-0.3, -0.25) is 0 Å². The van der Waals surface area contributed by atoms with Crippen LogP contribution in [0.1, 0.15) is 30.6 Å². The van der Waals surface area contributed by atoms with Gasteiger partial charge in [-0.1, -0.05) is 6.92 Å². The van der Waals surface area contributed by atoms with Crippen molar-refractivity contribution >= 4 is 5.82 Å². The van der Waals surface area contributed by atoms with Crippen molar-refractivity contribution in [2.45, 2.75) is 26.3 Å². The second kappa shape index (κ2) is 6.74. The van der Waals surface area contributed by atoms with E-state index in [0.717, 1.165) is 17.8 Å². The molecule has 1 unspecified atom stereocenters. The predicted molar refractivity (Wildman–Crippen MR) is 86.9 cm³/mol. The summed E-state index contributed by atoms with van der Waals surface area (Å²) in [5.74, 6) is 0.145. The first-order chi connectivity index (χ1) is 11.6. The van der Waals surface area contributed by atoms with Crippen LogP contribution in [0.15, 0.2) is 42.6 Å². The Bertz CT molecular complexity index is 829. The Labute approximate surface area is 138 Å². The number of nitrogens with one attached hydrogen (secondary N) is 1. The Hall–Kier alpha value is -2.83. The van der Waals surface area contributed by atoms with E-state index in [4.69, 9.17) is 0 Å². The Morgan fingerprint density at radius 2 is 1.96 bits per heavy atom. The lowest BCUT2D eigenvalue weighted by Gasteiger charge is -2.18. The molecule has 24 heavy (non-hydrogen) atoms. The van der Waals surface area contributed by atoms with Gasteiger partial charge in [-0.25, -0.2) is 13.5 Å². The van der Waals surface area contributed by atoms with Crippen LogP contribution in [0.25, 0.3) is 5.82 Å². The number of hydrogen-bond acceptors (Lipinski definition) is 4. The van der Waals surface area contributed by atoms with Crippen LogP contribution in [0, 0.1) is 18.6 Å². The molecule has 3 aromatic rings. The number of benzene rings is 1. The molecule has 0 aliphatic heterocycles. The lowest BCUT2D eigenvalue weighted by molar-refractivity contribution is 0.566. The first-order valence-electron chi connectivity index (χ1n) is 7.64. The lowest BCUT2D eigenvalue weighted by Crippen LogP contribution is -2.13. The molecule has 0 spiro atoms. The van der Waals surface area contributed by atoms with E-state index in [1.807, 2.05) is 19.9 Å². The van der Waals surface area contributed by atoms with Crippen molar-refractivity contribution in [3.8, 4) is 5.82 Å². The number of halogens is 2. The maximum absolute atomic E-state index is 13.9. The van der Waals surface area contributed by atoms with Gasteiger partial charge in [0.25, 0.3) is 0 Å². The molecule has 0 radical (unpaired) electrons. The summed E-state index contributed by atoms with van der Waals surface area (Å²) in [5, 5.41) is 15.5. The van der Waals surface area contributed by atoms with Crippen molar-refractivity contribution in [2.24, 2.45) is 0 Å². The normalized spacial score (nSPS) is 12.2. The number of anilines is 1. The summed E-state index contributed by atoms with van der Waals surface area (Å²) in [5.41, 5.74) is 1.15. The average Bonchev–Trinajstić information content (AvgIpc) is 3.02. The second-order valence-electron chi connectivity index (χ2n) is 5.45. The molecule has 7 heteroatoms. The minimum Gasteiger partial charge on any atom is -0.362 e. The van der Waals surface area contributed by atoms with Crippen LogP contribution < -0.4 is 5.32 Å². The van der Waals surface area contributed by atoms with E-state index in [0.29, 0.717) is 18.1 Å². The number of nitrogens with zero attached hydrogens (tertiary/aromatic N) is 4. The van der Waals surface area contributed by atoms with Gasteiger partial charge in [0, 0.05) is 11.8 Å². The summed E-state index contributed by atoms with van der Waals surface area (Å²) >= 11 is 0. The second-order valence-corrected chi connectivity index (χ2v) is 5.45. The Kier molecular flexibility index (Phi) is 4.50. The third-order valence-corrected chi connectivity index (χ3v) is 3.67. The fraction of sp³-hybridized carbons (Fsp3) is 0.235. The number of aryl methyl sites for hydroxylation is 1. The first-order valence-corrected chi connectivity index (χ1v) is 7.64.